The number of methoxy groups -OCH3 is 1. The van der Waals surface area contributed by atoms with Gasteiger partial charge in [-0.3, -0.25) is 0 Å². The topological polar surface area (TPSA) is 84.5 Å². The quantitative estimate of drug-likeness (QED) is 0.347. The minimum atomic E-state index is 0.479. The number of likely N-dealkylation sites (N-methyl/N-ethyl adjacent to an activating group) is 2. The van der Waals surface area contributed by atoms with Crippen molar-refractivity contribution in [3.63, 3.8) is 0 Å². The second-order valence-corrected chi connectivity index (χ2v) is 8.40. The maximum atomic E-state index is 6.40. The molecule has 0 amide bonds. The van der Waals surface area contributed by atoms with E-state index in [0.717, 1.165) is 46.6 Å². The molecule has 0 fully saturated rings. The summed E-state index contributed by atoms with van der Waals surface area (Å²) in [7, 11) is 9.82. The van der Waals surface area contributed by atoms with Crippen molar-refractivity contribution in [2.75, 3.05) is 57.3 Å². The van der Waals surface area contributed by atoms with Crippen LogP contribution < -0.4 is 20.7 Å². The number of para-hydroxylation sites is 1. The van der Waals surface area contributed by atoms with Crippen LogP contribution in [0.5, 0.6) is 5.75 Å². The number of nitrogens with two attached hydrogens (primary N) is 1. The Balaban J connectivity index is 0.00000167. The summed E-state index contributed by atoms with van der Waals surface area (Å²) in [6, 6.07) is 14.0. The van der Waals surface area contributed by atoms with E-state index >= 15 is 0 Å². The van der Waals surface area contributed by atoms with Crippen molar-refractivity contribution in [2.45, 2.75) is 13.8 Å². The third-order valence-electron chi connectivity index (χ3n) is 5.72. The van der Waals surface area contributed by atoms with Crippen molar-refractivity contribution in [1.29, 1.82) is 0 Å². The number of benzene rings is 2. The maximum Gasteiger partial charge on any atom is 0.227 e. The summed E-state index contributed by atoms with van der Waals surface area (Å²) in [5.74, 6) is 1.15. The van der Waals surface area contributed by atoms with E-state index in [9.17, 15) is 0 Å². The summed E-state index contributed by atoms with van der Waals surface area (Å²) in [6.45, 7) is 5.77. The van der Waals surface area contributed by atoms with Crippen molar-refractivity contribution >= 4 is 33.9 Å². The van der Waals surface area contributed by atoms with Gasteiger partial charge in [0.1, 0.15) is 5.75 Å². The Bertz CT molecular complexity index is 1270. The molecule has 35 heavy (non-hydrogen) atoms. The molecule has 0 aliphatic carbocycles. The van der Waals surface area contributed by atoms with Gasteiger partial charge in [0.15, 0.2) is 0 Å². The van der Waals surface area contributed by atoms with Crippen molar-refractivity contribution in [2.24, 2.45) is 7.05 Å². The van der Waals surface area contributed by atoms with E-state index in [-0.39, 0.29) is 0 Å². The molecule has 0 aliphatic rings. The Hall–Kier alpha value is -3.78. The minimum Gasteiger partial charge on any atom is -0.494 e. The zero-order valence-corrected chi connectivity index (χ0v) is 21.8. The van der Waals surface area contributed by atoms with Crippen LogP contribution in [0, 0.1) is 0 Å². The number of ether oxygens (including phenoxy) is 1. The number of hydrogen-bond acceptors (Lipinski definition) is 7. The zero-order chi connectivity index (χ0) is 25.5. The van der Waals surface area contributed by atoms with Gasteiger partial charge < -0.3 is 30.2 Å². The molecule has 0 saturated carbocycles. The molecule has 0 bridgehead atoms. The number of anilines is 4. The minimum absolute atomic E-state index is 0.479. The van der Waals surface area contributed by atoms with Gasteiger partial charge in [-0.1, -0.05) is 32.0 Å². The predicted octanol–water partition coefficient (Wildman–Crippen LogP) is 4.99. The Morgan fingerprint density at radius 1 is 1.06 bits per heavy atom. The van der Waals surface area contributed by atoms with Crippen molar-refractivity contribution in [3.8, 4) is 17.0 Å². The molecule has 4 aromatic rings. The fourth-order valence-electron chi connectivity index (χ4n) is 3.89. The highest BCUT2D eigenvalue weighted by molar-refractivity contribution is 5.95. The van der Waals surface area contributed by atoms with Crippen LogP contribution in [0.2, 0.25) is 0 Å². The molecule has 8 nitrogen and oxygen atoms in total. The van der Waals surface area contributed by atoms with E-state index in [0.29, 0.717) is 17.4 Å². The van der Waals surface area contributed by atoms with Crippen LogP contribution in [0.1, 0.15) is 13.8 Å². The van der Waals surface area contributed by atoms with Crippen LogP contribution in [0.3, 0.4) is 0 Å². The monoisotopic (exact) mass is 475 g/mol. The molecule has 0 spiro atoms. The number of fused-ring (bicyclic) bond motifs is 1. The second kappa shape index (κ2) is 11.6. The van der Waals surface area contributed by atoms with Gasteiger partial charge in [0, 0.05) is 62.1 Å². The van der Waals surface area contributed by atoms with Crippen LogP contribution in [0.4, 0.5) is 23.0 Å². The van der Waals surface area contributed by atoms with Gasteiger partial charge in [-0.2, -0.15) is 0 Å². The maximum absolute atomic E-state index is 6.40. The number of nitrogens with one attached hydrogen (secondary N) is 1. The molecule has 0 atom stereocenters. The lowest BCUT2D eigenvalue weighted by atomic mass is 10.1. The summed E-state index contributed by atoms with van der Waals surface area (Å²) in [5.41, 5.74) is 11.8. The lowest BCUT2D eigenvalue weighted by molar-refractivity contribution is 0.413. The molecule has 2 aromatic carbocycles. The van der Waals surface area contributed by atoms with E-state index in [1.807, 2.05) is 58.3 Å². The Morgan fingerprint density at radius 3 is 2.51 bits per heavy atom. The van der Waals surface area contributed by atoms with E-state index in [1.165, 1.54) is 0 Å². The first-order valence-corrected chi connectivity index (χ1v) is 11.8. The number of hydrogen-bond donors (Lipinski definition) is 2. The molecule has 186 valence electrons. The van der Waals surface area contributed by atoms with Crippen molar-refractivity contribution in [3.05, 3.63) is 54.9 Å². The summed E-state index contributed by atoms with van der Waals surface area (Å²) < 4.78 is 7.76. The molecule has 2 heterocycles. The van der Waals surface area contributed by atoms with E-state index in [4.69, 9.17) is 15.5 Å². The third kappa shape index (κ3) is 5.84. The number of nitrogen functional groups attached to an aromatic ring is 1. The van der Waals surface area contributed by atoms with Gasteiger partial charge in [-0.15, -0.1) is 0 Å². The first-order valence-electron chi connectivity index (χ1n) is 11.8. The number of aryl methyl sites for hydroxylation is 1. The normalized spacial score (nSPS) is 10.7. The molecular weight excluding hydrogens is 438 g/mol. The molecular formula is C27H37N7O. The fourth-order valence-corrected chi connectivity index (χ4v) is 3.89. The first-order chi connectivity index (χ1) is 16.9. The molecule has 8 heteroatoms. The SMILES string of the molecule is CC.COc1cc(N(C)CCN(C)C)c(N)cc1Nc1nccc(-c2cn(C)c3ccccc23)n1. The fraction of sp³-hybridized carbons (Fsp3) is 0.333. The largest absolute Gasteiger partial charge is 0.494 e. The molecule has 0 aliphatic heterocycles. The second-order valence-electron chi connectivity index (χ2n) is 8.40. The van der Waals surface area contributed by atoms with Gasteiger partial charge >= 0.3 is 0 Å². The van der Waals surface area contributed by atoms with E-state index in [1.54, 1.807) is 13.3 Å². The molecule has 0 saturated heterocycles. The Labute approximate surface area is 208 Å². The molecule has 4 rings (SSSR count). The predicted molar refractivity (Wildman–Crippen MR) is 148 cm³/mol. The van der Waals surface area contributed by atoms with Gasteiger partial charge in [0.05, 0.1) is 29.9 Å². The summed E-state index contributed by atoms with van der Waals surface area (Å²) in [5, 5.41) is 4.43. The van der Waals surface area contributed by atoms with Crippen LogP contribution in [0.15, 0.2) is 54.9 Å². The summed E-state index contributed by atoms with van der Waals surface area (Å²) >= 11 is 0. The molecule has 0 radical (unpaired) electrons. The zero-order valence-electron chi connectivity index (χ0n) is 21.8. The number of rotatable bonds is 8. The highest BCUT2D eigenvalue weighted by atomic mass is 16.5. The average Bonchev–Trinajstić information content (AvgIpc) is 3.21. The van der Waals surface area contributed by atoms with E-state index < -0.39 is 0 Å². The lowest BCUT2D eigenvalue weighted by Gasteiger charge is -2.24. The standard InChI is InChI=1S/C25H31N7O.C2H6/c1-30(2)12-13-31(3)23-15-24(33-5)21(14-19(23)26)29-25-27-11-10-20(28-25)18-16-32(4)22-9-7-6-8-17(18)22;1-2/h6-11,14-16H,12-13,26H2,1-5H3,(H,27,28,29);1-2H3. The summed E-state index contributed by atoms with van der Waals surface area (Å²) in [6.07, 6.45) is 3.85. The highest BCUT2D eigenvalue weighted by Gasteiger charge is 2.15. The van der Waals surface area contributed by atoms with Gasteiger partial charge in [-0.25, -0.2) is 9.97 Å². The number of aromatic nitrogens is 3. The Morgan fingerprint density at radius 2 is 1.80 bits per heavy atom. The summed E-state index contributed by atoms with van der Waals surface area (Å²) in [4.78, 5) is 13.4. The molecule has 0 unspecified atom stereocenters. The first kappa shape index (κ1) is 25.8. The smallest absolute Gasteiger partial charge is 0.227 e. The molecule has 2 aromatic heterocycles. The van der Waals surface area contributed by atoms with Gasteiger partial charge in [-0.05, 0) is 32.3 Å². The highest BCUT2D eigenvalue weighted by Crippen LogP contribution is 2.36. The Kier molecular flexibility index (Phi) is 8.54. The number of nitrogens with zero attached hydrogens (tertiary/aromatic N) is 5. The van der Waals surface area contributed by atoms with E-state index in [2.05, 4.69) is 57.1 Å². The third-order valence-corrected chi connectivity index (χ3v) is 5.72. The molecule has 3 N–H and O–H groups in total. The van der Waals surface area contributed by atoms with Crippen LogP contribution in [0.25, 0.3) is 22.2 Å². The van der Waals surface area contributed by atoms with Gasteiger partial charge in [0.2, 0.25) is 5.95 Å². The van der Waals surface area contributed by atoms with Crippen molar-refractivity contribution in [1.82, 2.24) is 19.4 Å². The lowest BCUT2D eigenvalue weighted by Crippen LogP contribution is -2.29. The van der Waals surface area contributed by atoms with Crippen LogP contribution in [-0.2, 0) is 7.05 Å². The van der Waals surface area contributed by atoms with Crippen molar-refractivity contribution < 1.29 is 4.74 Å². The average molecular weight is 476 g/mol. The van der Waals surface area contributed by atoms with Crippen LogP contribution >= 0.6 is 0 Å². The van der Waals surface area contributed by atoms with Gasteiger partial charge in [0.25, 0.3) is 0 Å². The van der Waals surface area contributed by atoms with Crippen LogP contribution in [-0.4, -0.2) is 60.8 Å².